The number of rotatable bonds is 7. The number of hydrogen-bond acceptors (Lipinski definition) is 7. The number of hydrogen-bond donors (Lipinski definition) is 3. The van der Waals surface area contributed by atoms with Crippen molar-refractivity contribution in [2.75, 3.05) is 13.1 Å². The molecule has 0 bridgehead atoms. The standard InChI is InChI=1S/C24H32N2O5.C2H5N/c27-20-16-26(24(29)22-11-6-14-31-22)12-5-9-18(20)19(15-17-7-1-2-8-17)25-23(28)21-10-3-4-13-30-21;1-2-3/h4,6,10-11,13-14,17-19,24,29H,1-3,5,7-9,12,15-16H2,(H,25,28);2H,1,3H2. The maximum Gasteiger partial charge on any atom is 0.286 e. The maximum atomic E-state index is 13.3. The van der Waals surface area contributed by atoms with Gasteiger partial charge in [0.05, 0.1) is 19.1 Å². The summed E-state index contributed by atoms with van der Waals surface area (Å²) in [4.78, 5) is 27.9. The van der Waals surface area contributed by atoms with Gasteiger partial charge in [-0.2, -0.15) is 0 Å². The van der Waals surface area contributed by atoms with Crippen molar-refractivity contribution in [3.05, 3.63) is 61.1 Å². The topological polar surface area (TPSA) is 118 Å². The van der Waals surface area contributed by atoms with E-state index in [-0.39, 0.29) is 30.2 Å². The van der Waals surface area contributed by atoms with Crippen LogP contribution in [0.1, 0.15) is 63.4 Å². The number of amides is 1. The first kappa shape index (κ1) is 25.8. The number of aliphatic hydroxyl groups excluding tert-OH is 1. The molecule has 0 spiro atoms. The third kappa shape index (κ3) is 7.08. The number of furan rings is 1. The Morgan fingerprint density at radius 2 is 2.09 bits per heavy atom. The van der Waals surface area contributed by atoms with E-state index in [1.807, 2.05) is 6.08 Å². The number of carbonyl (C=O) groups excluding carboxylic acids is 2. The van der Waals surface area contributed by atoms with Gasteiger partial charge in [0, 0.05) is 18.5 Å². The molecule has 4 rings (SSSR count). The highest BCUT2D eigenvalue weighted by Crippen LogP contribution is 2.33. The largest absolute Gasteiger partial charge is 0.465 e. The zero-order chi connectivity index (χ0) is 24.3. The fourth-order valence-corrected chi connectivity index (χ4v) is 5.04. The summed E-state index contributed by atoms with van der Waals surface area (Å²) in [5.41, 5.74) is 4.61. The second kappa shape index (κ2) is 13.2. The number of nitrogens with two attached hydrogens (primary N) is 1. The van der Waals surface area contributed by atoms with Crippen LogP contribution in [0.15, 0.2) is 59.8 Å². The first-order valence-electron chi connectivity index (χ1n) is 12.2. The van der Waals surface area contributed by atoms with E-state index in [0.29, 0.717) is 36.8 Å². The Balaban J connectivity index is 0.00000103. The van der Waals surface area contributed by atoms with E-state index in [9.17, 15) is 14.7 Å². The Morgan fingerprint density at radius 1 is 1.32 bits per heavy atom. The van der Waals surface area contributed by atoms with Crippen LogP contribution < -0.4 is 11.1 Å². The average molecular weight is 472 g/mol. The number of nitrogens with one attached hydrogen (secondary N) is 1. The molecular formula is C26H37N3O5. The highest BCUT2D eigenvalue weighted by atomic mass is 16.5. The summed E-state index contributed by atoms with van der Waals surface area (Å²) >= 11 is 0. The van der Waals surface area contributed by atoms with Crippen molar-refractivity contribution in [2.45, 2.75) is 63.6 Å². The molecule has 8 nitrogen and oxygen atoms in total. The van der Waals surface area contributed by atoms with Gasteiger partial charge in [-0.25, -0.2) is 0 Å². The average Bonchev–Trinajstić information content (AvgIpc) is 3.52. The van der Waals surface area contributed by atoms with Gasteiger partial charge in [0.2, 0.25) is 0 Å². The summed E-state index contributed by atoms with van der Waals surface area (Å²) in [7, 11) is 0. The molecule has 0 radical (unpaired) electrons. The van der Waals surface area contributed by atoms with Gasteiger partial charge in [-0.1, -0.05) is 32.3 Å². The normalized spacial score (nSPS) is 23.0. The van der Waals surface area contributed by atoms with Crippen molar-refractivity contribution in [2.24, 2.45) is 17.6 Å². The van der Waals surface area contributed by atoms with Crippen molar-refractivity contribution in [3.8, 4) is 0 Å². The number of aliphatic hydroxyl groups is 1. The van der Waals surface area contributed by atoms with Crippen LogP contribution in [0.5, 0.6) is 0 Å². The SMILES string of the molecule is C=CN.O=C(NC(CC1CCCC1)C1CCCN(C(O)c2ccco2)CC1=O)C1=CCC=CO1. The molecule has 1 amide bonds. The van der Waals surface area contributed by atoms with Crippen molar-refractivity contribution in [1.82, 2.24) is 10.2 Å². The van der Waals surface area contributed by atoms with Gasteiger partial charge >= 0.3 is 0 Å². The molecule has 3 aliphatic rings. The highest BCUT2D eigenvalue weighted by molar-refractivity contribution is 5.92. The molecule has 3 heterocycles. The predicted molar refractivity (Wildman–Crippen MR) is 129 cm³/mol. The minimum atomic E-state index is -0.937. The third-order valence-electron chi connectivity index (χ3n) is 6.70. The first-order chi connectivity index (χ1) is 16.5. The van der Waals surface area contributed by atoms with Crippen LogP contribution in [0, 0.1) is 11.8 Å². The van der Waals surface area contributed by atoms with Gasteiger partial charge in [0.15, 0.2) is 17.8 Å². The smallest absolute Gasteiger partial charge is 0.286 e. The lowest BCUT2D eigenvalue weighted by Gasteiger charge is -2.29. The summed E-state index contributed by atoms with van der Waals surface area (Å²) in [5, 5.41) is 13.8. The quantitative estimate of drug-likeness (QED) is 0.557. The first-order valence-corrected chi connectivity index (χ1v) is 12.2. The van der Waals surface area contributed by atoms with E-state index < -0.39 is 6.23 Å². The van der Waals surface area contributed by atoms with Crippen LogP contribution in [0.25, 0.3) is 0 Å². The van der Waals surface area contributed by atoms with Gasteiger partial charge in [-0.05, 0) is 62.1 Å². The van der Waals surface area contributed by atoms with Gasteiger partial charge in [-0.15, -0.1) is 0 Å². The number of ketones is 1. The number of Topliss-reactive ketones (excluding diaryl/α,β-unsaturated/α-hetero) is 1. The second-order valence-electron chi connectivity index (χ2n) is 9.07. The summed E-state index contributed by atoms with van der Waals surface area (Å²) in [5.74, 6) is 0.818. The zero-order valence-electron chi connectivity index (χ0n) is 19.7. The summed E-state index contributed by atoms with van der Waals surface area (Å²) < 4.78 is 10.7. The molecule has 1 saturated heterocycles. The van der Waals surface area contributed by atoms with Crippen LogP contribution >= 0.6 is 0 Å². The zero-order valence-corrected chi connectivity index (χ0v) is 19.7. The van der Waals surface area contributed by atoms with Gasteiger partial charge in [0.25, 0.3) is 5.91 Å². The lowest BCUT2D eigenvalue weighted by atomic mass is 9.84. The number of ether oxygens (including phenoxy) is 1. The number of nitrogens with zero attached hydrogens (tertiary/aromatic N) is 1. The monoisotopic (exact) mass is 471 g/mol. The molecule has 1 saturated carbocycles. The van der Waals surface area contributed by atoms with E-state index in [1.165, 1.54) is 31.6 Å². The van der Waals surface area contributed by atoms with Crippen LogP contribution in [0.2, 0.25) is 0 Å². The second-order valence-corrected chi connectivity index (χ2v) is 9.07. The Kier molecular flexibility index (Phi) is 9.97. The van der Waals surface area contributed by atoms with Crippen LogP contribution in [0.3, 0.4) is 0 Å². The molecule has 3 unspecified atom stereocenters. The summed E-state index contributed by atoms with van der Waals surface area (Å²) in [6.45, 7) is 3.89. The Bertz CT molecular complexity index is 858. The lowest BCUT2D eigenvalue weighted by Crippen LogP contribution is -2.46. The fraction of sp³-hybridized carbons (Fsp3) is 0.538. The molecular weight excluding hydrogens is 434 g/mol. The molecule has 1 aromatic rings. The van der Waals surface area contributed by atoms with E-state index in [1.54, 1.807) is 23.1 Å². The predicted octanol–water partition coefficient (Wildman–Crippen LogP) is 3.52. The molecule has 0 aromatic carbocycles. The molecule has 2 fully saturated rings. The van der Waals surface area contributed by atoms with Crippen LogP contribution in [0.4, 0.5) is 0 Å². The fourth-order valence-electron chi connectivity index (χ4n) is 5.04. The van der Waals surface area contributed by atoms with Crippen molar-refractivity contribution >= 4 is 11.7 Å². The number of likely N-dealkylation sites (tertiary alicyclic amines) is 1. The van der Waals surface area contributed by atoms with Crippen molar-refractivity contribution in [1.29, 1.82) is 0 Å². The third-order valence-corrected chi connectivity index (χ3v) is 6.70. The molecule has 4 N–H and O–H groups in total. The molecule has 186 valence electrons. The van der Waals surface area contributed by atoms with Crippen molar-refractivity contribution < 1.29 is 23.8 Å². The van der Waals surface area contributed by atoms with Gasteiger partial charge in [0.1, 0.15) is 5.76 Å². The highest BCUT2D eigenvalue weighted by Gasteiger charge is 2.36. The van der Waals surface area contributed by atoms with Crippen LogP contribution in [-0.4, -0.2) is 40.8 Å². The molecule has 1 aromatic heterocycles. The summed E-state index contributed by atoms with van der Waals surface area (Å²) in [6, 6.07) is 3.22. The molecule has 34 heavy (non-hydrogen) atoms. The summed E-state index contributed by atoms with van der Waals surface area (Å²) in [6.07, 6.45) is 14.6. The van der Waals surface area contributed by atoms with E-state index in [0.717, 1.165) is 25.7 Å². The van der Waals surface area contributed by atoms with Gasteiger partial charge < -0.3 is 25.3 Å². The minimum absolute atomic E-state index is 0.0600. The maximum absolute atomic E-state index is 13.3. The van der Waals surface area contributed by atoms with E-state index >= 15 is 0 Å². The Labute approximate surface area is 201 Å². The van der Waals surface area contributed by atoms with E-state index in [4.69, 9.17) is 9.15 Å². The Hall–Kier alpha value is -2.84. The lowest BCUT2D eigenvalue weighted by molar-refractivity contribution is -0.128. The number of allylic oxidation sites excluding steroid dienone is 2. The van der Waals surface area contributed by atoms with Gasteiger partial charge in [-0.3, -0.25) is 14.5 Å². The number of carbonyl (C=O) groups is 2. The minimum Gasteiger partial charge on any atom is -0.465 e. The van der Waals surface area contributed by atoms with Crippen LogP contribution in [-0.2, 0) is 14.3 Å². The van der Waals surface area contributed by atoms with Crippen molar-refractivity contribution in [3.63, 3.8) is 0 Å². The molecule has 1 aliphatic carbocycles. The Morgan fingerprint density at radius 3 is 2.74 bits per heavy atom. The molecule has 8 heteroatoms. The van der Waals surface area contributed by atoms with E-state index in [2.05, 4.69) is 17.6 Å². The molecule has 2 aliphatic heterocycles. The molecule has 3 atom stereocenters.